The molecule has 0 saturated heterocycles. The number of amides is 1. The van der Waals surface area contributed by atoms with Crippen LogP contribution >= 0.6 is 0 Å². The number of hydrogen-bond donors (Lipinski definition) is 1. The monoisotopic (exact) mass is 499 g/mol. The molecule has 3 unspecified atom stereocenters. The third-order valence-electron chi connectivity index (χ3n) is 11.5. The SMILES string of the molecule is C[C@H](CCC(=O)NS(=O)(=O)c1ccccc1)[C@H]1CCC2C3CC[C@@H]4CCCC[C@]4(C)C3CC[C@@]21C. The van der Waals surface area contributed by atoms with Gasteiger partial charge in [-0.05, 0) is 116 Å². The van der Waals surface area contributed by atoms with E-state index in [4.69, 9.17) is 0 Å². The zero-order valence-corrected chi connectivity index (χ0v) is 22.8. The van der Waals surface area contributed by atoms with Crippen molar-refractivity contribution in [3.05, 3.63) is 30.3 Å². The summed E-state index contributed by atoms with van der Waals surface area (Å²) in [7, 11) is -3.79. The molecule has 1 aromatic carbocycles. The highest BCUT2D eigenvalue weighted by molar-refractivity contribution is 7.90. The third kappa shape index (κ3) is 4.49. The molecule has 0 bridgehead atoms. The Morgan fingerprint density at radius 1 is 0.943 bits per heavy atom. The van der Waals surface area contributed by atoms with Crippen molar-refractivity contribution in [2.75, 3.05) is 0 Å². The fourth-order valence-electron chi connectivity index (χ4n) is 9.69. The number of fused-ring (bicyclic) bond motifs is 5. The second-order valence-electron chi connectivity index (χ2n) is 13.0. The lowest BCUT2D eigenvalue weighted by atomic mass is 9.44. The van der Waals surface area contributed by atoms with E-state index < -0.39 is 10.0 Å². The first-order chi connectivity index (χ1) is 16.6. The zero-order chi connectivity index (χ0) is 24.8. The highest BCUT2D eigenvalue weighted by Crippen LogP contribution is 2.68. The number of nitrogens with one attached hydrogen (secondary N) is 1. The van der Waals surface area contributed by atoms with Gasteiger partial charge < -0.3 is 0 Å². The van der Waals surface area contributed by atoms with Gasteiger partial charge in [-0.3, -0.25) is 4.79 Å². The Morgan fingerprint density at radius 2 is 1.69 bits per heavy atom. The summed E-state index contributed by atoms with van der Waals surface area (Å²) in [6.45, 7) is 7.52. The van der Waals surface area contributed by atoms with Gasteiger partial charge in [0.05, 0.1) is 4.90 Å². The van der Waals surface area contributed by atoms with Crippen LogP contribution < -0.4 is 4.72 Å². The Kier molecular flexibility index (Phi) is 6.87. The van der Waals surface area contributed by atoms with Gasteiger partial charge in [0.1, 0.15) is 0 Å². The molecule has 1 aromatic rings. The van der Waals surface area contributed by atoms with Gasteiger partial charge in [-0.15, -0.1) is 0 Å². The molecule has 1 amide bonds. The quantitative estimate of drug-likeness (QED) is 0.460. The van der Waals surface area contributed by atoms with Crippen LogP contribution in [0.2, 0.25) is 0 Å². The van der Waals surface area contributed by atoms with Crippen molar-refractivity contribution in [1.29, 1.82) is 0 Å². The normalized spacial score (nSPS) is 39.7. The standard InChI is InChI=1S/C30H45NO3S/c1-21(12-17-28(32)31-35(33,34)23-10-5-4-6-11-23)25-15-16-26-24-14-13-22-9-7-8-19-29(22,2)27(24)18-20-30(25,26)3/h4-6,10-11,21-22,24-27H,7-9,12-20H2,1-3H3,(H,31,32)/t21-,22+,24?,25-,26?,27?,29+,30-/m1/s1. The van der Waals surface area contributed by atoms with E-state index in [1.165, 1.54) is 76.3 Å². The zero-order valence-electron chi connectivity index (χ0n) is 22.0. The van der Waals surface area contributed by atoms with E-state index in [0.717, 1.165) is 30.1 Å². The number of hydrogen-bond acceptors (Lipinski definition) is 3. The summed E-state index contributed by atoms with van der Waals surface area (Å²) >= 11 is 0. The van der Waals surface area contributed by atoms with Crippen molar-refractivity contribution >= 4 is 15.9 Å². The van der Waals surface area contributed by atoms with E-state index in [-0.39, 0.29) is 17.2 Å². The van der Waals surface area contributed by atoms with E-state index >= 15 is 0 Å². The highest BCUT2D eigenvalue weighted by atomic mass is 32.2. The van der Waals surface area contributed by atoms with Crippen molar-refractivity contribution in [1.82, 2.24) is 4.72 Å². The Bertz CT molecular complexity index is 1020. The van der Waals surface area contributed by atoms with Crippen molar-refractivity contribution in [2.24, 2.45) is 46.3 Å². The van der Waals surface area contributed by atoms with E-state index in [2.05, 4.69) is 25.5 Å². The molecule has 0 radical (unpaired) electrons. The van der Waals surface area contributed by atoms with Gasteiger partial charge in [0.2, 0.25) is 5.91 Å². The van der Waals surface area contributed by atoms with Gasteiger partial charge in [-0.2, -0.15) is 0 Å². The smallest absolute Gasteiger partial charge is 0.264 e. The minimum absolute atomic E-state index is 0.144. The molecule has 1 N–H and O–H groups in total. The molecule has 4 saturated carbocycles. The molecule has 35 heavy (non-hydrogen) atoms. The maximum Gasteiger partial charge on any atom is 0.264 e. The maximum absolute atomic E-state index is 12.6. The molecule has 4 fully saturated rings. The van der Waals surface area contributed by atoms with Gasteiger partial charge in [0.25, 0.3) is 10.0 Å². The Labute approximate surface area is 213 Å². The van der Waals surface area contributed by atoms with Crippen LogP contribution in [-0.4, -0.2) is 14.3 Å². The van der Waals surface area contributed by atoms with Crippen LogP contribution in [0, 0.1) is 46.3 Å². The fourth-order valence-corrected chi connectivity index (χ4v) is 10.7. The number of benzene rings is 1. The topological polar surface area (TPSA) is 63.2 Å². The number of sulfonamides is 1. The summed E-state index contributed by atoms with van der Waals surface area (Å²) in [5, 5.41) is 0. The second-order valence-corrected chi connectivity index (χ2v) is 14.7. The maximum atomic E-state index is 12.6. The van der Waals surface area contributed by atoms with E-state index in [9.17, 15) is 13.2 Å². The average Bonchev–Trinajstić information content (AvgIpc) is 3.20. The molecule has 8 atom stereocenters. The first kappa shape index (κ1) is 25.3. The van der Waals surface area contributed by atoms with Crippen molar-refractivity contribution in [3.8, 4) is 0 Å². The lowest BCUT2D eigenvalue weighted by molar-refractivity contribution is -0.121. The number of rotatable bonds is 6. The van der Waals surface area contributed by atoms with Crippen LogP contribution in [0.1, 0.15) is 97.8 Å². The summed E-state index contributed by atoms with van der Waals surface area (Å²) < 4.78 is 27.3. The predicted octanol–water partition coefficient (Wildman–Crippen LogP) is 6.96. The minimum atomic E-state index is -3.79. The van der Waals surface area contributed by atoms with Gasteiger partial charge in [0.15, 0.2) is 0 Å². The molecular formula is C30H45NO3S. The van der Waals surface area contributed by atoms with Gasteiger partial charge >= 0.3 is 0 Å². The van der Waals surface area contributed by atoms with Crippen LogP contribution in [0.4, 0.5) is 0 Å². The molecular weight excluding hydrogens is 454 g/mol. The number of carbonyl (C=O) groups excluding carboxylic acids is 1. The largest absolute Gasteiger partial charge is 0.274 e. The molecule has 4 nitrogen and oxygen atoms in total. The highest BCUT2D eigenvalue weighted by Gasteiger charge is 2.60. The van der Waals surface area contributed by atoms with Crippen molar-refractivity contribution in [2.45, 2.75) is 103 Å². The summed E-state index contributed by atoms with van der Waals surface area (Å²) in [6.07, 6.45) is 15.1. The molecule has 0 spiro atoms. The average molecular weight is 500 g/mol. The predicted molar refractivity (Wildman–Crippen MR) is 140 cm³/mol. The summed E-state index contributed by atoms with van der Waals surface area (Å²) in [4.78, 5) is 12.7. The first-order valence-corrected chi connectivity index (χ1v) is 15.7. The first-order valence-electron chi connectivity index (χ1n) is 14.3. The Balaban J connectivity index is 1.21. The Hall–Kier alpha value is -1.36. The molecule has 5 rings (SSSR count). The van der Waals surface area contributed by atoms with Crippen LogP contribution in [-0.2, 0) is 14.8 Å². The van der Waals surface area contributed by atoms with Crippen LogP contribution in [0.3, 0.4) is 0 Å². The van der Waals surface area contributed by atoms with E-state index in [1.54, 1.807) is 18.2 Å². The third-order valence-corrected chi connectivity index (χ3v) is 12.9. The summed E-state index contributed by atoms with van der Waals surface area (Å²) in [5.74, 6) is 4.31. The fraction of sp³-hybridized carbons (Fsp3) is 0.767. The molecule has 0 aliphatic heterocycles. The van der Waals surface area contributed by atoms with Gasteiger partial charge in [-0.25, -0.2) is 13.1 Å². The van der Waals surface area contributed by atoms with Crippen molar-refractivity contribution < 1.29 is 13.2 Å². The molecule has 0 heterocycles. The molecule has 4 aliphatic rings. The van der Waals surface area contributed by atoms with E-state index in [0.29, 0.717) is 22.7 Å². The van der Waals surface area contributed by atoms with Crippen LogP contribution in [0.25, 0.3) is 0 Å². The molecule has 4 aliphatic carbocycles. The molecule has 0 aromatic heterocycles. The van der Waals surface area contributed by atoms with Gasteiger partial charge in [-0.1, -0.05) is 51.8 Å². The summed E-state index contributed by atoms with van der Waals surface area (Å²) in [5.41, 5.74) is 0.958. The van der Waals surface area contributed by atoms with E-state index in [1.807, 2.05) is 0 Å². The van der Waals surface area contributed by atoms with Crippen LogP contribution in [0.15, 0.2) is 35.2 Å². The molecule has 194 valence electrons. The second kappa shape index (κ2) is 9.50. The Morgan fingerprint density at radius 3 is 2.46 bits per heavy atom. The molecule has 5 heteroatoms. The van der Waals surface area contributed by atoms with Crippen LogP contribution in [0.5, 0.6) is 0 Å². The van der Waals surface area contributed by atoms with Gasteiger partial charge in [0, 0.05) is 6.42 Å². The van der Waals surface area contributed by atoms with Crippen molar-refractivity contribution in [3.63, 3.8) is 0 Å². The lowest BCUT2D eigenvalue weighted by Gasteiger charge is -2.61. The summed E-state index contributed by atoms with van der Waals surface area (Å²) in [6, 6.07) is 8.17. The minimum Gasteiger partial charge on any atom is -0.274 e. The number of carbonyl (C=O) groups is 1. The lowest BCUT2D eigenvalue weighted by Crippen LogP contribution is -2.53.